The van der Waals surface area contributed by atoms with Crippen molar-refractivity contribution in [2.45, 2.75) is 19.8 Å². The highest BCUT2D eigenvalue weighted by Gasteiger charge is 2.25. The van der Waals surface area contributed by atoms with Gasteiger partial charge in [0.2, 0.25) is 0 Å². The van der Waals surface area contributed by atoms with Gasteiger partial charge in [-0.15, -0.1) is 0 Å². The summed E-state index contributed by atoms with van der Waals surface area (Å²) >= 11 is 0. The standard InChI is InChI=1S/C22H28N6O3/c1-14-11-25-21(26-12-14)16(10-23)22(30)27-17-8-18-20(31-7-4-24-18)9-19(17)28-5-2-15(13-29)3-6-28/h8-12,15,24,29H,2-7,13,23H2,1H3,(H,27,30)/b16-10+. The van der Waals surface area contributed by atoms with Crippen LogP contribution in [0.15, 0.2) is 30.7 Å². The highest BCUT2D eigenvalue weighted by molar-refractivity contribution is 6.25. The second-order valence-corrected chi connectivity index (χ2v) is 7.87. The molecule has 0 saturated carbocycles. The fourth-order valence-corrected chi connectivity index (χ4v) is 3.86. The quantitative estimate of drug-likeness (QED) is 0.535. The topological polar surface area (TPSA) is 126 Å². The number of carbonyl (C=O) groups is 1. The zero-order chi connectivity index (χ0) is 21.8. The minimum Gasteiger partial charge on any atom is -0.490 e. The van der Waals surface area contributed by atoms with Gasteiger partial charge in [0.05, 0.1) is 22.6 Å². The number of amides is 1. The molecule has 1 saturated heterocycles. The highest BCUT2D eigenvalue weighted by atomic mass is 16.5. The summed E-state index contributed by atoms with van der Waals surface area (Å²) in [6.07, 6.45) is 6.31. The number of nitrogens with two attached hydrogens (primary N) is 1. The number of hydrogen-bond donors (Lipinski definition) is 4. The number of rotatable bonds is 5. The third-order valence-corrected chi connectivity index (χ3v) is 5.67. The van der Waals surface area contributed by atoms with Crippen LogP contribution in [0.3, 0.4) is 0 Å². The molecule has 1 aromatic heterocycles. The number of nitrogens with zero attached hydrogens (tertiary/aromatic N) is 3. The van der Waals surface area contributed by atoms with E-state index in [0.29, 0.717) is 24.8 Å². The van der Waals surface area contributed by atoms with Gasteiger partial charge in [0.15, 0.2) is 5.82 Å². The second-order valence-electron chi connectivity index (χ2n) is 7.87. The number of piperidine rings is 1. The fraction of sp³-hybridized carbons (Fsp3) is 0.409. The number of aromatic nitrogens is 2. The molecule has 2 aromatic rings. The van der Waals surface area contributed by atoms with Gasteiger partial charge in [-0.3, -0.25) is 4.79 Å². The molecule has 3 heterocycles. The lowest BCUT2D eigenvalue weighted by molar-refractivity contribution is -0.111. The van der Waals surface area contributed by atoms with E-state index in [1.165, 1.54) is 6.20 Å². The number of anilines is 3. The van der Waals surface area contributed by atoms with Crippen LogP contribution in [0.2, 0.25) is 0 Å². The SMILES string of the molecule is Cc1cnc(/C(=C\N)C(=O)Nc2cc3c(cc2N2CCC(CO)CC2)OCCN3)nc1. The van der Waals surface area contributed by atoms with Gasteiger partial charge in [-0.2, -0.15) is 0 Å². The summed E-state index contributed by atoms with van der Waals surface area (Å²) in [4.78, 5) is 23.8. The van der Waals surface area contributed by atoms with Gasteiger partial charge in [0, 0.05) is 50.9 Å². The smallest absolute Gasteiger partial charge is 0.261 e. The molecule has 9 nitrogen and oxygen atoms in total. The Labute approximate surface area is 181 Å². The molecule has 0 atom stereocenters. The van der Waals surface area contributed by atoms with E-state index >= 15 is 0 Å². The lowest BCUT2D eigenvalue weighted by Crippen LogP contribution is -2.35. The summed E-state index contributed by atoms with van der Waals surface area (Å²) in [5.41, 5.74) is 9.23. The molecule has 0 aliphatic carbocycles. The first-order chi connectivity index (χ1) is 15.1. The maximum atomic E-state index is 13.1. The van der Waals surface area contributed by atoms with Crippen LogP contribution in [-0.4, -0.2) is 53.8 Å². The van der Waals surface area contributed by atoms with Crippen LogP contribution in [0, 0.1) is 12.8 Å². The van der Waals surface area contributed by atoms with Crippen molar-refractivity contribution in [1.29, 1.82) is 0 Å². The third-order valence-electron chi connectivity index (χ3n) is 5.67. The van der Waals surface area contributed by atoms with Crippen molar-refractivity contribution in [2.75, 3.05) is 48.4 Å². The molecular weight excluding hydrogens is 396 g/mol. The first-order valence-electron chi connectivity index (χ1n) is 10.5. The van der Waals surface area contributed by atoms with E-state index in [-0.39, 0.29) is 23.9 Å². The van der Waals surface area contributed by atoms with E-state index < -0.39 is 0 Å². The maximum absolute atomic E-state index is 13.1. The van der Waals surface area contributed by atoms with Crippen molar-refractivity contribution in [3.8, 4) is 5.75 Å². The molecule has 0 bridgehead atoms. The monoisotopic (exact) mass is 424 g/mol. The molecule has 5 N–H and O–H groups in total. The Balaban J connectivity index is 1.63. The molecule has 1 aromatic carbocycles. The molecular formula is C22H28N6O3. The van der Waals surface area contributed by atoms with E-state index in [1.54, 1.807) is 12.4 Å². The number of carbonyl (C=O) groups excluding carboxylic acids is 1. The van der Waals surface area contributed by atoms with E-state index in [9.17, 15) is 9.90 Å². The molecule has 0 unspecified atom stereocenters. The summed E-state index contributed by atoms with van der Waals surface area (Å²) in [6.45, 7) is 4.96. The van der Waals surface area contributed by atoms with Crippen molar-refractivity contribution in [3.63, 3.8) is 0 Å². The predicted octanol–water partition coefficient (Wildman–Crippen LogP) is 1.74. The zero-order valence-corrected chi connectivity index (χ0v) is 17.6. The number of aliphatic hydroxyl groups is 1. The summed E-state index contributed by atoms with van der Waals surface area (Å²) in [6, 6.07) is 3.86. The van der Waals surface area contributed by atoms with Gasteiger partial charge < -0.3 is 31.1 Å². The van der Waals surface area contributed by atoms with Crippen LogP contribution >= 0.6 is 0 Å². The number of aryl methyl sites for hydroxylation is 1. The zero-order valence-electron chi connectivity index (χ0n) is 17.6. The summed E-state index contributed by atoms with van der Waals surface area (Å²) in [5.74, 6) is 0.972. The van der Waals surface area contributed by atoms with Crippen LogP contribution < -0.4 is 26.0 Å². The summed E-state index contributed by atoms with van der Waals surface area (Å²) in [7, 11) is 0. The van der Waals surface area contributed by atoms with E-state index in [1.807, 2.05) is 19.1 Å². The number of nitrogens with one attached hydrogen (secondary N) is 2. The fourth-order valence-electron chi connectivity index (χ4n) is 3.86. The summed E-state index contributed by atoms with van der Waals surface area (Å²) < 4.78 is 5.81. The lowest BCUT2D eigenvalue weighted by Gasteiger charge is -2.35. The average molecular weight is 425 g/mol. The Kier molecular flexibility index (Phi) is 6.22. The minimum atomic E-state index is -0.380. The van der Waals surface area contributed by atoms with Gasteiger partial charge in [0.1, 0.15) is 12.4 Å². The van der Waals surface area contributed by atoms with Gasteiger partial charge in [-0.25, -0.2) is 9.97 Å². The Morgan fingerprint density at radius 2 is 2.10 bits per heavy atom. The van der Waals surface area contributed by atoms with Crippen LogP contribution in [0.4, 0.5) is 17.1 Å². The molecule has 1 fully saturated rings. The van der Waals surface area contributed by atoms with Crippen LogP contribution in [0.25, 0.3) is 5.57 Å². The number of fused-ring (bicyclic) bond motifs is 1. The number of ether oxygens (including phenoxy) is 1. The molecule has 2 aliphatic rings. The number of hydrogen-bond acceptors (Lipinski definition) is 8. The predicted molar refractivity (Wildman–Crippen MR) is 120 cm³/mol. The molecule has 1 amide bonds. The van der Waals surface area contributed by atoms with Crippen molar-refractivity contribution < 1.29 is 14.6 Å². The highest BCUT2D eigenvalue weighted by Crippen LogP contribution is 2.40. The average Bonchev–Trinajstić information content (AvgIpc) is 2.80. The minimum absolute atomic E-state index is 0.201. The van der Waals surface area contributed by atoms with Gasteiger partial charge >= 0.3 is 0 Å². The van der Waals surface area contributed by atoms with Gasteiger partial charge in [0.25, 0.3) is 5.91 Å². The van der Waals surface area contributed by atoms with Crippen molar-refractivity contribution in [3.05, 3.63) is 42.1 Å². The van der Waals surface area contributed by atoms with E-state index in [2.05, 4.69) is 25.5 Å². The molecule has 2 aliphatic heterocycles. The Morgan fingerprint density at radius 1 is 1.35 bits per heavy atom. The lowest BCUT2D eigenvalue weighted by atomic mass is 9.97. The first-order valence-corrected chi connectivity index (χ1v) is 10.5. The van der Waals surface area contributed by atoms with Crippen LogP contribution in [0.1, 0.15) is 24.2 Å². The summed E-state index contributed by atoms with van der Waals surface area (Å²) in [5, 5.41) is 15.8. The molecule has 0 spiro atoms. The third kappa shape index (κ3) is 4.56. The second kappa shape index (κ2) is 9.22. The Bertz CT molecular complexity index is 968. The van der Waals surface area contributed by atoms with Crippen molar-refractivity contribution in [1.82, 2.24) is 9.97 Å². The number of aliphatic hydroxyl groups excluding tert-OH is 1. The van der Waals surface area contributed by atoms with Gasteiger partial charge in [-0.1, -0.05) is 0 Å². The van der Waals surface area contributed by atoms with Crippen LogP contribution in [-0.2, 0) is 4.79 Å². The maximum Gasteiger partial charge on any atom is 0.261 e. The largest absolute Gasteiger partial charge is 0.490 e. The van der Waals surface area contributed by atoms with Crippen molar-refractivity contribution >= 4 is 28.5 Å². The molecule has 9 heteroatoms. The Hall–Kier alpha value is -3.33. The normalized spacial score (nSPS) is 16.8. The van der Waals surface area contributed by atoms with Crippen molar-refractivity contribution in [2.24, 2.45) is 11.7 Å². The molecule has 4 rings (SSSR count). The number of benzene rings is 1. The van der Waals surface area contributed by atoms with E-state index in [0.717, 1.165) is 48.6 Å². The van der Waals surface area contributed by atoms with Crippen LogP contribution in [0.5, 0.6) is 5.75 Å². The molecule has 0 radical (unpaired) electrons. The first kappa shape index (κ1) is 20.9. The van der Waals surface area contributed by atoms with E-state index in [4.69, 9.17) is 10.5 Å². The molecule has 31 heavy (non-hydrogen) atoms. The molecule has 164 valence electrons. The van der Waals surface area contributed by atoms with Gasteiger partial charge in [-0.05, 0) is 37.3 Å². The Morgan fingerprint density at radius 3 is 2.77 bits per heavy atom.